The molecule has 2 atom stereocenters. The second-order valence-electron chi connectivity index (χ2n) is 7.30. The van der Waals surface area contributed by atoms with E-state index in [4.69, 9.17) is 0 Å². The van der Waals surface area contributed by atoms with Gasteiger partial charge in [-0.3, -0.25) is 0 Å². The van der Waals surface area contributed by atoms with E-state index in [1.807, 2.05) is 0 Å². The average Bonchev–Trinajstić information content (AvgIpc) is 2.88. The van der Waals surface area contributed by atoms with Crippen LogP contribution in [0.3, 0.4) is 0 Å². The van der Waals surface area contributed by atoms with E-state index in [0.717, 1.165) is 32.0 Å². The van der Waals surface area contributed by atoms with Crippen molar-refractivity contribution < 1.29 is 13.2 Å². The Kier molecular flexibility index (Phi) is 5.95. The summed E-state index contributed by atoms with van der Waals surface area (Å²) in [5.74, 6) is 1.80. The minimum Gasteiger partial charge on any atom is -0.305 e. The van der Waals surface area contributed by atoms with Gasteiger partial charge in [-0.2, -0.15) is 13.2 Å². The van der Waals surface area contributed by atoms with E-state index in [-0.39, 0.29) is 6.04 Å². The van der Waals surface area contributed by atoms with Crippen LogP contribution in [0.5, 0.6) is 0 Å². The molecule has 124 valence electrons. The number of nitrogens with one attached hydrogen (secondary N) is 1. The standard InChI is InChI=1S/C16H29F3N2/c1-12(2)14-7-15(20-11-16(17,18)19)10-21(9-14)8-13-5-3-4-6-13/h12-15,20H,3-11H2,1-2H3. The molecule has 0 radical (unpaired) electrons. The third-order valence-electron chi connectivity index (χ3n) is 5.08. The maximum absolute atomic E-state index is 12.4. The van der Waals surface area contributed by atoms with Crippen LogP contribution in [-0.2, 0) is 0 Å². The van der Waals surface area contributed by atoms with Crippen molar-refractivity contribution in [1.29, 1.82) is 0 Å². The van der Waals surface area contributed by atoms with Gasteiger partial charge in [0.05, 0.1) is 6.54 Å². The quantitative estimate of drug-likeness (QED) is 0.833. The lowest BCUT2D eigenvalue weighted by Crippen LogP contribution is -2.52. The molecule has 0 amide bonds. The Morgan fingerprint density at radius 3 is 2.38 bits per heavy atom. The molecule has 0 aromatic rings. The lowest BCUT2D eigenvalue weighted by Gasteiger charge is -2.41. The molecular formula is C16H29F3N2. The molecule has 5 heteroatoms. The molecule has 1 saturated heterocycles. The van der Waals surface area contributed by atoms with Crippen LogP contribution < -0.4 is 5.32 Å². The first kappa shape index (κ1) is 17.1. The number of rotatable bonds is 5. The summed E-state index contributed by atoms with van der Waals surface area (Å²) in [6.07, 6.45) is 1.99. The smallest absolute Gasteiger partial charge is 0.305 e. The summed E-state index contributed by atoms with van der Waals surface area (Å²) >= 11 is 0. The minimum atomic E-state index is -4.11. The number of nitrogens with zero attached hydrogens (tertiary/aromatic N) is 1. The molecule has 21 heavy (non-hydrogen) atoms. The number of likely N-dealkylation sites (tertiary alicyclic amines) is 1. The van der Waals surface area contributed by atoms with Crippen LogP contribution in [0.2, 0.25) is 0 Å². The van der Waals surface area contributed by atoms with Gasteiger partial charge >= 0.3 is 6.18 Å². The highest BCUT2D eigenvalue weighted by Gasteiger charge is 2.33. The molecule has 2 aliphatic rings. The van der Waals surface area contributed by atoms with Crippen molar-refractivity contribution in [1.82, 2.24) is 10.2 Å². The molecule has 0 aromatic carbocycles. The zero-order valence-electron chi connectivity index (χ0n) is 13.3. The van der Waals surface area contributed by atoms with Gasteiger partial charge in [0, 0.05) is 25.7 Å². The molecular weight excluding hydrogens is 277 g/mol. The van der Waals surface area contributed by atoms with E-state index < -0.39 is 12.7 Å². The summed E-state index contributed by atoms with van der Waals surface area (Å²) in [6.45, 7) is 6.41. The first-order chi connectivity index (χ1) is 9.83. The van der Waals surface area contributed by atoms with Gasteiger partial charge in [0.1, 0.15) is 0 Å². The number of hydrogen-bond acceptors (Lipinski definition) is 2. The lowest BCUT2D eigenvalue weighted by atomic mass is 9.85. The topological polar surface area (TPSA) is 15.3 Å². The molecule has 1 saturated carbocycles. The fourth-order valence-corrected chi connectivity index (χ4v) is 3.83. The minimum absolute atomic E-state index is 0.0193. The second kappa shape index (κ2) is 7.32. The fourth-order valence-electron chi connectivity index (χ4n) is 3.83. The van der Waals surface area contributed by atoms with Crippen molar-refractivity contribution in [3.05, 3.63) is 0 Å². The zero-order valence-corrected chi connectivity index (χ0v) is 13.3. The Balaban J connectivity index is 1.87. The molecule has 2 unspecified atom stereocenters. The van der Waals surface area contributed by atoms with Crippen LogP contribution in [0.4, 0.5) is 13.2 Å². The summed E-state index contributed by atoms with van der Waals surface area (Å²) in [5, 5.41) is 2.73. The van der Waals surface area contributed by atoms with Crippen molar-refractivity contribution in [2.45, 2.75) is 58.2 Å². The summed E-state index contributed by atoms with van der Waals surface area (Å²) in [6, 6.07) is -0.0193. The largest absolute Gasteiger partial charge is 0.401 e. The normalized spacial score (nSPS) is 29.4. The molecule has 1 aliphatic carbocycles. The summed E-state index contributed by atoms with van der Waals surface area (Å²) in [4.78, 5) is 2.41. The Morgan fingerprint density at radius 2 is 1.81 bits per heavy atom. The van der Waals surface area contributed by atoms with Crippen LogP contribution >= 0.6 is 0 Å². The van der Waals surface area contributed by atoms with Gasteiger partial charge in [-0.25, -0.2) is 0 Å². The summed E-state index contributed by atoms with van der Waals surface area (Å²) < 4.78 is 37.2. The van der Waals surface area contributed by atoms with E-state index in [9.17, 15) is 13.2 Å². The van der Waals surface area contributed by atoms with Gasteiger partial charge in [-0.1, -0.05) is 26.7 Å². The maximum atomic E-state index is 12.4. The first-order valence-electron chi connectivity index (χ1n) is 8.36. The van der Waals surface area contributed by atoms with Gasteiger partial charge in [-0.05, 0) is 37.0 Å². The molecule has 1 heterocycles. The maximum Gasteiger partial charge on any atom is 0.401 e. The van der Waals surface area contributed by atoms with Crippen LogP contribution in [0, 0.1) is 17.8 Å². The van der Waals surface area contributed by atoms with E-state index >= 15 is 0 Å². The summed E-state index contributed by atoms with van der Waals surface area (Å²) in [5.41, 5.74) is 0. The predicted octanol–water partition coefficient (Wildman–Crippen LogP) is 3.68. The van der Waals surface area contributed by atoms with E-state index in [1.165, 1.54) is 25.7 Å². The van der Waals surface area contributed by atoms with Gasteiger partial charge in [-0.15, -0.1) is 0 Å². The van der Waals surface area contributed by atoms with Crippen molar-refractivity contribution in [3.63, 3.8) is 0 Å². The molecule has 0 spiro atoms. The van der Waals surface area contributed by atoms with Crippen molar-refractivity contribution >= 4 is 0 Å². The molecule has 0 bridgehead atoms. The highest BCUT2D eigenvalue weighted by molar-refractivity contribution is 4.86. The summed E-state index contributed by atoms with van der Waals surface area (Å²) in [7, 11) is 0. The van der Waals surface area contributed by atoms with Crippen molar-refractivity contribution in [3.8, 4) is 0 Å². The van der Waals surface area contributed by atoms with E-state index in [2.05, 4.69) is 24.1 Å². The number of halogens is 3. The zero-order chi connectivity index (χ0) is 15.5. The molecule has 1 aliphatic heterocycles. The number of hydrogen-bond donors (Lipinski definition) is 1. The van der Waals surface area contributed by atoms with Gasteiger partial charge in [0.15, 0.2) is 0 Å². The second-order valence-corrected chi connectivity index (χ2v) is 7.30. The third kappa shape index (κ3) is 5.78. The SMILES string of the molecule is CC(C)C1CC(NCC(F)(F)F)CN(CC2CCCC2)C1. The van der Waals surface area contributed by atoms with Crippen LogP contribution in [0.1, 0.15) is 46.0 Å². The number of alkyl halides is 3. The van der Waals surface area contributed by atoms with Crippen molar-refractivity contribution in [2.24, 2.45) is 17.8 Å². The fraction of sp³-hybridized carbons (Fsp3) is 1.00. The third-order valence-corrected chi connectivity index (χ3v) is 5.08. The van der Waals surface area contributed by atoms with Crippen LogP contribution in [0.15, 0.2) is 0 Å². The van der Waals surface area contributed by atoms with Gasteiger partial charge in [0.2, 0.25) is 0 Å². The lowest BCUT2D eigenvalue weighted by molar-refractivity contribution is -0.127. The Bertz CT molecular complexity index is 309. The molecule has 2 nitrogen and oxygen atoms in total. The molecule has 2 fully saturated rings. The predicted molar refractivity (Wildman–Crippen MR) is 79.2 cm³/mol. The Labute approximate surface area is 126 Å². The van der Waals surface area contributed by atoms with Gasteiger partial charge < -0.3 is 10.2 Å². The first-order valence-corrected chi connectivity index (χ1v) is 8.36. The van der Waals surface area contributed by atoms with Gasteiger partial charge in [0.25, 0.3) is 0 Å². The average molecular weight is 306 g/mol. The van der Waals surface area contributed by atoms with Crippen LogP contribution in [-0.4, -0.2) is 43.3 Å². The Morgan fingerprint density at radius 1 is 1.14 bits per heavy atom. The van der Waals surface area contributed by atoms with Crippen molar-refractivity contribution in [2.75, 3.05) is 26.2 Å². The van der Waals surface area contributed by atoms with E-state index in [1.54, 1.807) is 0 Å². The molecule has 0 aromatic heterocycles. The van der Waals surface area contributed by atoms with Crippen LogP contribution in [0.25, 0.3) is 0 Å². The highest BCUT2D eigenvalue weighted by Crippen LogP contribution is 2.29. The molecule has 1 N–H and O–H groups in total. The Hall–Kier alpha value is -0.290. The van der Waals surface area contributed by atoms with E-state index in [0.29, 0.717) is 11.8 Å². The monoisotopic (exact) mass is 306 g/mol. The highest BCUT2D eigenvalue weighted by atomic mass is 19.4. The molecule has 2 rings (SSSR count). The number of piperidine rings is 1.